The smallest absolute Gasteiger partial charge is 0.328 e. The zero-order chi connectivity index (χ0) is 10.1. The number of aliphatic carboxylic acids is 2. The minimum absolute atomic E-state index is 0.566. The molecule has 0 amide bonds. The van der Waals surface area contributed by atoms with E-state index < -0.39 is 11.9 Å². The van der Waals surface area contributed by atoms with E-state index in [1.807, 2.05) is 0 Å². The van der Waals surface area contributed by atoms with Crippen molar-refractivity contribution in [1.82, 2.24) is 0 Å². The molecular formula is C8H10O4S. The molecule has 0 unspecified atom stereocenters. The van der Waals surface area contributed by atoms with Crippen molar-refractivity contribution in [3.63, 3.8) is 0 Å². The third-order valence-corrected chi connectivity index (χ3v) is 1.81. The van der Waals surface area contributed by atoms with Crippen LogP contribution in [-0.4, -0.2) is 33.7 Å². The Labute approximate surface area is 79.9 Å². The molecule has 0 atom stereocenters. The number of carbonyl (C=O) groups is 2. The van der Waals surface area contributed by atoms with E-state index in [1.165, 1.54) is 23.9 Å². The van der Waals surface area contributed by atoms with Crippen molar-refractivity contribution < 1.29 is 19.8 Å². The fraction of sp³-hybridized carbons (Fsp3) is 0.250. The van der Waals surface area contributed by atoms with Gasteiger partial charge in [-0.15, -0.1) is 0 Å². The lowest BCUT2D eigenvalue weighted by molar-refractivity contribution is -0.132. The topological polar surface area (TPSA) is 74.6 Å². The summed E-state index contributed by atoms with van der Waals surface area (Å²) in [6.07, 6.45) is 5.16. The van der Waals surface area contributed by atoms with Crippen LogP contribution in [0.1, 0.15) is 0 Å². The van der Waals surface area contributed by atoms with E-state index in [-0.39, 0.29) is 0 Å². The minimum atomic E-state index is -0.971. The second kappa shape index (κ2) is 7.42. The molecule has 0 fully saturated rings. The fourth-order valence-corrected chi connectivity index (χ4v) is 1.10. The van der Waals surface area contributed by atoms with Crippen LogP contribution in [0.25, 0.3) is 0 Å². The van der Waals surface area contributed by atoms with E-state index >= 15 is 0 Å². The van der Waals surface area contributed by atoms with E-state index in [9.17, 15) is 9.59 Å². The highest BCUT2D eigenvalue weighted by molar-refractivity contribution is 7.99. The minimum Gasteiger partial charge on any atom is -0.478 e. The molecule has 0 rings (SSSR count). The van der Waals surface area contributed by atoms with Crippen LogP contribution in [0.3, 0.4) is 0 Å². The number of carboxylic acid groups (broad SMARTS) is 2. The van der Waals surface area contributed by atoms with Crippen molar-refractivity contribution in [2.45, 2.75) is 0 Å². The van der Waals surface area contributed by atoms with E-state index in [2.05, 4.69) is 0 Å². The van der Waals surface area contributed by atoms with E-state index in [0.717, 1.165) is 12.2 Å². The summed E-state index contributed by atoms with van der Waals surface area (Å²) in [7, 11) is 0. The zero-order valence-corrected chi connectivity index (χ0v) is 7.66. The maximum Gasteiger partial charge on any atom is 0.328 e. The summed E-state index contributed by atoms with van der Waals surface area (Å²) in [6.45, 7) is 0. The van der Waals surface area contributed by atoms with Crippen LogP contribution in [0.15, 0.2) is 24.3 Å². The third-order valence-electron chi connectivity index (χ3n) is 0.949. The quantitative estimate of drug-likeness (QED) is 0.496. The van der Waals surface area contributed by atoms with E-state index in [4.69, 9.17) is 10.2 Å². The zero-order valence-electron chi connectivity index (χ0n) is 6.84. The molecular weight excluding hydrogens is 192 g/mol. The molecule has 0 aliphatic carbocycles. The Kier molecular flexibility index (Phi) is 6.72. The molecule has 13 heavy (non-hydrogen) atoms. The second-order valence-corrected chi connectivity index (χ2v) is 3.09. The Bertz CT molecular complexity index is 208. The van der Waals surface area contributed by atoms with Crippen molar-refractivity contribution >= 4 is 23.7 Å². The number of hydrogen-bond donors (Lipinski definition) is 2. The average molecular weight is 202 g/mol. The van der Waals surface area contributed by atoms with Gasteiger partial charge >= 0.3 is 11.9 Å². The predicted octanol–water partition coefficient (Wildman–Crippen LogP) is 1.00. The summed E-state index contributed by atoms with van der Waals surface area (Å²) in [4.78, 5) is 20.0. The van der Waals surface area contributed by atoms with Gasteiger partial charge in [0.25, 0.3) is 0 Å². The second-order valence-electron chi connectivity index (χ2n) is 2.02. The van der Waals surface area contributed by atoms with Gasteiger partial charge in [0.05, 0.1) is 0 Å². The SMILES string of the molecule is O=C(O)C=CCSCC=CC(=O)O. The molecule has 5 heteroatoms. The average Bonchev–Trinajstić information content (AvgIpc) is 2.01. The van der Waals surface area contributed by atoms with E-state index in [1.54, 1.807) is 0 Å². The first-order valence-corrected chi connectivity index (χ1v) is 4.65. The van der Waals surface area contributed by atoms with Gasteiger partial charge in [-0.2, -0.15) is 11.8 Å². The fourth-order valence-electron chi connectivity index (χ4n) is 0.502. The van der Waals surface area contributed by atoms with Gasteiger partial charge in [-0.05, 0) is 0 Å². The molecule has 0 aliphatic rings. The molecule has 0 spiro atoms. The number of carboxylic acids is 2. The molecule has 2 N–H and O–H groups in total. The van der Waals surface area contributed by atoms with Crippen molar-refractivity contribution in [2.75, 3.05) is 11.5 Å². The summed E-state index contributed by atoms with van der Waals surface area (Å²) in [5, 5.41) is 16.4. The first-order chi connectivity index (χ1) is 6.13. The Hall–Kier alpha value is -1.23. The molecule has 0 aromatic rings. The highest BCUT2D eigenvalue weighted by Gasteiger charge is 1.86. The molecule has 0 aliphatic heterocycles. The molecule has 4 nitrogen and oxygen atoms in total. The van der Waals surface area contributed by atoms with Crippen LogP contribution in [-0.2, 0) is 9.59 Å². The lowest BCUT2D eigenvalue weighted by Crippen LogP contribution is -1.88. The van der Waals surface area contributed by atoms with Crippen LogP contribution in [0, 0.1) is 0 Å². The van der Waals surface area contributed by atoms with Gasteiger partial charge in [-0.1, -0.05) is 12.2 Å². The maximum absolute atomic E-state index is 9.99. The standard InChI is InChI=1S/C8H10O4S/c9-7(10)3-1-5-13-6-2-4-8(11)12/h1-4H,5-6H2,(H,9,10)(H,11,12). The van der Waals surface area contributed by atoms with Crippen molar-refractivity contribution in [2.24, 2.45) is 0 Å². The Morgan fingerprint density at radius 2 is 1.38 bits per heavy atom. The first kappa shape index (κ1) is 11.8. The van der Waals surface area contributed by atoms with Gasteiger partial charge in [0.15, 0.2) is 0 Å². The Morgan fingerprint density at radius 3 is 1.69 bits per heavy atom. The summed E-state index contributed by atoms with van der Waals surface area (Å²) < 4.78 is 0. The Balaban J connectivity index is 3.36. The monoisotopic (exact) mass is 202 g/mol. The molecule has 0 aromatic heterocycles. The maximum atomic E-state index is 9.99. The first-order valence-electron chi connectivity index (χ1n) is 3.49. The number of thioether (sulfide) groups is 1. The van der Waals surface area contributed by atoms with E-state index in [0.29, 0.717) is 11.5 Å². The number of rotatable bonds is 6. The molecule has 0 radical (unpaired) electrons. The molecule has 0 saturated carbocycles. The van der Waals surface area contributed by atoms with Gasteiger partial charge in [-0.3, -0.25) is 0 Å². The van der Waals surface area contributed by atoms with Gasteiger partial charge in [-0.25, -0.2) is 9.59 Å². The molecule has 72 valence electrons. The predicted molar refractivity (Wildman–Crippen MR) is 50.9 cm³/mol. The van der Waals surface area contributed by atoms with Crippen LogP contribution in [0.2, 0.25) is 0 Å². The van der Waals surface area contributed by atoms with Gasteiger partial charge in [0.1, 0.15) is 0 Å². The molecule has 0 aromatic carbocycles. The van der Waals surface area contributed by atoms with Crippen LogP contribution >= 0.6 is 11.8 Å². The Morgan fingerprint density at radius 1 is 1.00 bits per heavy atom. The van der Waals surface area contributed by atoms with Gasteiger partial charge in [0, 0.05) is 23.7 Å². The van der Waals surface area contributed by atoms with Gasteiger partial charge < -0.3 is 10.2 Å². The van der Waals surface area contributed by atoms with Crippen LogP contribution < -0.4 is 0 Å². The van der Waals surface area contributed by atoms with Crippen LogP contribution in [0.5, 0.6) is 0 Å². The third kappa shape index (κ3) is 10.8. The largest absolute Gasteiger partial charge is 0.478 e. The summed E-state index contributed by atoms with van der Waals surface area (Å²) in [5.41, 5.74) is 0. The highest BCUT2D eigenvalue weighted by Crippen LogP contribution is 2.00. The lowest BCUT2D eigenvalue weighted by atomic mass is 10.5. The summed E-state index contributed by atoms with van der Waals surface area (Å²) >= 11 is 1.44. The number of hydrogen-bond acceptors (Lipinski definition) is 3. The molecule has 0 saturated heterocycles. The summed E-state index contributed by atoms with van der Waals surface area (Å²) in [5.74, 6) is -0.810. The molecule has 0 bridgehead atoms. The van der Waals surface area contributed by atoms with Crippen molar-refractivity contribution in [1.29, 1.82) is 0 Å². The summed E-state index contributed by atoms with van der Waals surface area (Å²) in [6, 6.07) is 0. The van der Waals surface area contributed by atoms with Crippen LogP contribution in [0.4, 0.5) is 0 Å². The normalized spacial score (nSPS) is 11.1. The highest BCUT2D eigenvalue weighted by atomic mass is 32.2. The van der Waals surface area contributed by atoms with Crippen molar-refractivity contribution in [3.05, 3.63) is 24.3 Å². The van der Waals surface area contributed by atoms with Gasteiger partial charge in [0.2, 0.25) is 0 Å². The molecule has 0 heterocycles. The van der Waals surface area contributed by atoms with Crippen molar-refractivity contribution in [3.8, 4) is 0 Å². The lowest BCUT2D eigenvalue weighted by Gasteiger charge is -1.88.